The van der Waals surface area contributed by atoms with E-state index in [2.05, 4.69) is 38.2 Å². The number of aliphatic hydroxyl groups is 1. The van der Waals surface area contributed by atoms with Crippen molar-refractivity contribution in [2.24, 2.45) is 0 Å². The summed E-state index contributed by atoms with van der Waals surface area (Å²) in [6.45, 7) is 5.85. The third kappa shape index (κ3) is 38.1. The van der Waals surface area contributed by atoms with Gasteiger partial charge in [0, 0.05) is 12.8 Å². The van der Waals surface area contributed by atoms with Crippen LogP contribution in [0, 0.1) is 0 Å². The molecule has 7 heteroatoms. The van der Waals surface area contributed by atoms with E-state index in [1.807, 2.05) is 14.1 Å². The van der Waals surface area contributed by atoms with Gasteiger partial charge in [-0.2, -0.15) is 0 Å². The summed E-state index contributed by atoms with van der Waals surface area (Å²) >= 11 is 0. The van der Waals surface area contributed by atoms with Gasteiger partial charge in [-0.25, -0.2) is 0 Å². The first kappa shape index (κ1) is 50.9. The van der Waals surface area contributed by atoms with Gasteiger partial charge in [-0.1, -0.05) is 141 Å². The molecule has 0 rings (SSSR count). The van der Waals surface area contributed by atoms with Gasteiger partial charge < -0.3 is 36.0 Å². The van der Waals surface area contributed by atoms with E-state index in [0.717, 1.165) is 51.4 Å². The second-order valence-electron chi connectivity index (χ2n) is 15.0. The second-order valence-corrected chi connectivity index (χ2v) is 15.0. The summed E-state index contributed by atoms with van der Waals surface area (Å²) in [4.78, 5) is 25.3. The number of nitrogens with zero attached hydrogens (tertiary/aromatic N) is 1. The van der Waals surface area contributed by atoms with Crippen LogP contribution in [0.25, 0.3) is 0 Å². The number of likely N-dealkylation sites (N-methyl/N-ethyl adjacent to an activating group) is 1. The molecule has 50 heavy (non-hydrogen) atoms. The first-order chi connectivity index (χ1) is 23.8. The molecule has 0 unspecified atom stereocenters. The molecule has 0 aromatic heterocycles. The fourth-order valence-electron chi connectivity index (χ4n) is 6.07. The van der Waals surface area contributed by atoms with Crippen LogP contribution >= 0.6 is 0 Å². The molecule has 0 spiro atoms. The van der Waals surface area contributed by atoms with E-state index in [4.69, 9.17) is 9.47 Å². The topological polar surface area (TPSA) is 72.8 Å². The van der Waals surface area contributed by atoms with Crippen molar-refractivity contribution >= 4 is 11.9 Å². The Morgan fingerprint density at radius 1 is 0.520 bits per heavy atom. The van der Waals surface area contributed by atoms with Crippen LogP contribution in [0.2, 0.25) is 0 Å². The SMILES string of the molecule is CCCCCCCC/C=C/CCCCCCCC(=O)OC(CC[N+](C)(C)CCO)OC(=O)CCCCCCC/C=C/CCCCCCCC.[Br-]. The summed E-state index contributed by atoms with van der Waals surface area (Å²) in [5.41, 5.74) is 0. The first-order valence-corrected chi connectivity index (χ1v) is 21.0. The smallest absolute Gasteiger partial charge is 0.308 e. The van der Waals surface area contributed by atoms with Gasteiger partial charge in [0.25, 0.3) is 6.29 Å². The molecule has 0 saturated heterocycles. The number of carbonyl (C=O) groups excluding carboxylic acids is 2. The molecule has 1 N–H and O–H groups in total. The van der Waals surface area contributed by atoms with Crippen molar-refractivity contribution in [3.8, 4) is 0 Å². The molecule has 0 fully saturated rings. The highest BCUT2D eigenvalue weighted by Crippen LogP contribution is 2.15. The third-order valence-corrected chi connectivity index (χ3v) is 9.49. The average Bonchev–Trinajstić information content (AvgIpc) is 3.07. The molecular weight excluding hydrogens is 690 g/mol. The predicted molar refractivity (Wildman–Crippen MR) is 208 cm³/mol. The van der Waals surface area contributed by atoms with Crippen LogP contribution in [-0.4, -0.2) is 61.6 Å². The second kappa shape index (κ2) is 39.0. The molecule has 0 aromatic rings. The van der Waals surface area contributed by atoms with Crippen LogP contribution in [0.5, 0.6) is 0 Å². The third-order valence-electron chi connectivity index (χ3n) is 9.49. The van der Waals surface area contributed by atoms with Crippen LogP contribution in [0.15, 0.2) is 24.3 Å². The number of unbranched alkanes of at least 4 members (excludes halogenated alkanes) is 22. The van der Waals surface area contributed by atoms with Crippen LogP contribution < -0.4 is 17.0 Å². The minimum absolute atomic E-state index is 0. The van der Waals surface area contributed by atoms with Gasteiger partial charge in [0.1, 0.15) is 6.54 Å². The molecule has 0 heterocycles. The maximum atomic E-state index is 12.7. The van der Waals surface area contributed by atoms with Crippen molar-refractivity contribution in [2.75, 3.05) is 33.8 Å². The summed E-state index contributed by atoms with van der Waals surface area (Å²) in [5, 5.41) is 9.39. The molecule has 0 radical (unpaired) electrons. The van der Waals surface area contributed by atoms with E-state index in [-0.39, 0.29) is 35.5 Å². The number of rotatable bonds is 37. The summed E-state index contributed by atoms with van der Waals surface area (Å²) in [6, 6.07) is 0. The van der Waals surface area contributed by atoms with Crippen LogP contribution in [0.3, 0.4) is 0 Å². The zero-order valence-corrected chi connectivity index (χ0v) is 35.0. The molecule has 0 saturated carbocycles. The number of allylic oxidation sites excluding steroid dienone is 4. The number of carbonyl (C=O) groups is 2. The number of ether oxygens (including phenoxy) is 2. The number of esters is 2. The highest BCUT2D eigenvalue weighted by atomic mass is 79.9. The van der Waals surface area contributed by atoms with Crippen molar-refractivity contribution in [3.63, 3.8) is 0 Å². The monoisotopic (exact) mass is 772 g/mol. The lowest BCUT2D eigenvalue weighted by Gasteiger charge is -2.30. The highest BCUT2D eigenvalue weighted by molar-refractivity contribution is 5.71. The van der Waals surface area contributed by atoms with E-state index in [1.165, 1.54) is 116 Å². The van der Waals surface area contributed by atoms with Gasteiger partial charge >= 0.3 is 11.9 Å². The highest BCUT2D eigenvalue weighted by Gasteiger charge is 2.24. The van der Waals surface area contributed by atoms with E-state index in [1.54, 1.807) is 0 Å². The van der Waals surface area contributed by atoms with Gasteiger partial charge in [-0.15, -0.1) is 0 Å². The molecule has 0 atom stereocenters. The quantitative estimate of drug-likeness (QED) is 0.0225. The van der Waals surface area contributed by atoms with Gasteiger partial charge in [-0.05, 0) is 64.2 Å². The van der Waals surface area contributed by atoms with Crippen molar-refractivity contribution in [1.82, 2.24) is 0 Å². The molecule has 0 bridgehead atoms. The van der Waals surface area contributed by atoms with E-state index < -0.39 is 6.29 Å². The number of halogens is 1. The Morgan fingerprint density at radius 3 is 1.18 bits per heavy atom. The van der Waals surface area contributed by atoms with E-state index in [0.29, 0.717) is 36.8 Å². The van der Waals surface area contributed by atoms with Crippen LogP contribution in [0.4, 0.5) is 0 Å². The Hall–Kier alpha value is -1.18. The lowest BCUT2D eigenvalue weighted by Crippen LogP contribution is -3.00. The minimum Gasteiger partial charge on any atom is -1.00 e. The molecule has 0 aliphatic heterocycles. The van der Waals surface area contributed by atoms with Gasteiger partial charge in [0.2, 0.25) is 0 Å². The summed E-state index contributed by atoms with van der Waals surface area (Å²) in [5.74, 6) is -0.576. The number of quaternary nitrogens is 1. The zero-order chi connectivity index (χ0) is 36.1. The standard InChI is InChI=1S/C43H82NO5.BrH/c1-5-7-9-11-13-15-17-19-21-23-25-27-29-31-33-35-41(46)48-43(37-38-44(3,4)39-40-45)49-42(47)36-34-32-30-28-26-24-22-20-18-16-14-12-10-8-6-2;/h19-22,43,45H,5-18,23-40H2,1-4H3;1H/q+1;/p-1/b21-19+,22-20+;. The van der Waals surface area contributed by atoms with Crippen molar-refractivity contribution in [2.45, 2.75) is 206 Å². The predicted octanol–water partition coefficient (Wildman–Crippen LogP) is 8.94. The summed E-state index contributed by atoms with van der Waals surface area (Å²) in [6.07, 6.45) is 41.2. The van der Waals surface area contributed by atoms with Gasteiger partial charge in [0.15, 0.2) is 0 Å². The van der Waals surface area contributed by atoms with E-state index in [9.17, 15) is 14.7 Å². The normalized spacial score (nSPS) is 11.9. The molecule has 6 nitrogen and oxygen atoms in total. The zero-order valence-electron chi connectivity index (χ0n) is 33.4. The Balaban J connectivity index is 0. The Labute approximate surface area is 321 Å². The fraction of sp³-hybridized carbons (Fsp3) is 0.860. The maximum Gasteiger partial charge on any atom is 0.308 e. The number of hydrogen-bond donors (Lipinski definition) is 1. The molecule has 296 valence electrons. The van der Waals surface area contributed by atoms with Crippen molar-refractivity contribution < 1.29 is 45.6 Å². The van der Waals surface area contributed by atoms with Crippen LogP contribution in [0.1, 0.15) is 200 Å². The minimum atomic E-state index is -0.859. The Morgan fingerprint density at radius 2 is 0.840 bits per heavy atom. The molecule has 0 aromatic carbocycles. The Kier molecular flexibility index (Phi) is 39.8. The number of hydrogen-bond acceptors (Lipinski definition) is 5. The summed E-state index contributed by atoms with van der Waals surface area (Å²) < 4.78 is 11.9. The first-order valence-electron chi connectivity index (χ1n) is 21.0. The Bertz CT molecular complexity index is 746. The fourth-order valence-corrected chi connectivity index (χ4v) is 6.07. The van der Waals surface area contributed by atoms with E-state index >= 15 is 0 Å². The largest absolute Gasteiger partial charge is 1.00 e. The van der Waals surface area contributed by atoms with Crippen molar-refractivity contribution in [1.29, 1.82) is 0 Å². The molecule has 0 amide bonds. The van der Waals surface area contributed by atoms with Crippen LogP contribution in [-0.2, 0) is 19.1 Å². The van der Waals surface area contributed by atoms with Gasteiger partial charge in [-0.3, -0.25) is 9.59 Å². The summed E-state index contributed by atoms with van der Waals surface area (Å²) in [7, 11) is 4.04. The average molecular weight is 773 g/mol. The molecule has 0 aliphatic carbocycles. The molecule has 0 aliphatic rings. The number of aliphatic hydroxyl groups excluding tert-OH is 1. The maximum absolute atomic E-state index is 12.7. The van der Waals surface area contributed by atoms with Gasteiger partial charge in [0.05, 0.1) is 33.7 Å². The van der Waals surface area contributed by atoms with Crippen molar-refractivity contribution in [3.05, 3.63) is 24.3 Å². The molecular formula is C43H82BrNO5. The lowest BCUT2D eigenvalue weighted by molar-refractivity contribution is -0.891. The lowest BCUT2D eigenvalue weighted by atomic mass is 10.1.